The second kappa shape index (κ2) is 6.26. The van der Waals surface area contributed by atoms with E-state index < -0.39 is 10.0 Å². The number of nitrogens with zero attached hydrogens (tertiary/aromatic N) is 1. The van der Waals surface area contributed by atoms with Gasteiger partial charge in [-0.15, -0.1) is 0 Å². The Balaban J connectivity index is 2.45. The number of sulfonamides is 1. The minimum atomic E-state index is -3.51. The molecule has 0 aliphatic rings. The summed E-state index contributed by atoms with van der Waals surface area (Å²) < 4.78 is 26.1. The summed E-state index contributed by atoms with van der Waals surface area (Å²) in [6.07, 6.45) is 2.89. The first-order valence-corrected chi connectivity index (χ1v) is 7.37. The number of nitrogens with one attached hydrogen (secondary N) is 1. The summed E-state index contributed by atoms with van der Waals surface area (Å²) in [6, 6.07) is 4.76. The summed E-state index contributed by atoms with van der Waals surface area (Å²) in [5.74, 6) is 0. The Hall–Kier alpha value is -0.980. The maximum absolute atomic E-state index is 11.8. The van der Waals surface area contributed by atoms with Crippen LogP contribution in [0, 0.1) is 5.41 Å². The molecule has 5 nitrogen and oxygen atoms in total. The summed E-state index contributed by atoms with van der Waals surface area (Å²) in [7, 11) is -3.51. The van der Waals surface area contributed by atoms with Crippen molar-refractivity contribution < 1.29 is 13.5 Å². The second-order valence-electron chi connectivity index (χ2n) is 4.99. The SMILES string of the molecule is CC(C)(CO)CCCNS(=O)(=O)c1ccccn1. The number of aliphatic hydroxyl groups is 1. The molecule has 0 saturated heterocycles. The first-order chi connectivity index (χ1) is 8.37. The zero-order valence-electron chi connectivity index (χ0n) is 10.8. The quantitative estimate of drug-likeness (QED) is 0.730. The standard InChI is InChI=1S/C12H20N2O3S/c1-12(2,10-15)7-5-9-14-18(16,17)11-6-3-4-8-13-11/h3-4,6,8,14-15H,5,7,9-10H2,1-2H3. The summed E-state index contributed by atoms with van der Waals surface area (Å²) in [6.45, 7) is 4.34. The maximum atomic E-state index is 11.8. The van der Waals surface area contributed by atoms with Gasteiger partial charge in [0, 0.05) is 19.3 Å². The summed E-state index contributed by atoms with van der Waals surface area (Å²) in [4.78, 5) is 3.80. The highest BCUT2D eigenvalue weighted by Gasteiger charge is 2.17. The van der Waals surface area contributed by atoms with Crippen molar-refractivity contribution in [2.75, 3.05) is 13.2 Å². The van der Waals surface area contributed by atoms with Crippen molar-refractivity contribution >= 4 is 10.0 Å². The van der Waals surface area contributed by atoms with Crippen molar-refractivity contribution in [1.82, 2.24) is 9.71 Å². The molecule has 1 aromatic rings. The highest BCUT2D eigenvalue weighted by molar-refractivity contribution is 7.89. The van der Waals surface area contributed by atoms with E-state index in [4.69, 9.17) is 5.11 Å². The number of rotatable bonds is 7. The van der Waals surface area contributed by atoms with Gasteiger partial charge in [0.2, 0.25) is 0 Å². The highest BCUT2D eigenvalue weighted by atomic mass is 32.2. The number of pyridine rings is 1. The van der Waals surface area contributed by atoms with Crippen LogP contribution in [0.2, 0.25) is 0 Å². The van der Waals surface area contributed by atoms with Crippen LogP contribution in [-0.4, -0.2) is 31.7 Å². The molecule has 0 unspecified atom stereocenters. The van der Waals surface area contributed by atoms with Gasteiger partial charge < -0.3 is 5.11 Å². The van der Waals surface area contributed by atoms with Crippen LogP contribution >= 0.6 is 0 Å². The Morgan fingerprint density at radius 3 is 2.67 bits per heavy atom. The molecule has 0 spiro atoms. The fraction of sp³-hybridized carbons (Fsp3) is 0.583. The van der Waals surface area contributed by atoms with Crippen molar-refractivity contribution in [2.45, 2.75) is 31.7 Å². The van der Waals surface area contributed by atoms with E-state index in [2.05, 4.69) is 9.71 Å². The molecule has 0 aliphatic carbocycles. The van der Waals surface area contributed by atoms with Gasteiger partial charge in [0.25, 0.3) is 10.0 Å². The van der Waals surface area contributed by atoms with Gasteiger partial charge in [0.15, 0.2) is 5.03 Å². The predicted octanol–water partition coefficient (Wildman–Crippen LogP) is 1.16. The molecule has 0 atom stereocenters. The molecule has 1 aromatic heterocycles. The lowest BCUT2D eigenvalue weighted by Gasteiger charge is -2.21. The second-order valence-corrected chi connectivity index (χ2v) is 6.71. The van der Waals surface area contributed by atoms with E-state index in [-0.39, 0.29) is 17.0 Å². The third kappa shape index (κ3) is 4.72. The molecular formula is C12H20N2O3S. The Bertz CT molecular complexity index is 457. The molecular weight excluding hydrogens is 252 g/mol. The molecule has 18 heavy (non-hydrogen) atoms. The van der Waals surface area contributed by atoms with Gasteiger partial charge in [0.05, 0.1) is 0 Å². The zero-order chi connectivity index (χ0) is 13.6. The molecule has 0 fully saturated rings. The molecule has 1 heterocycles. The smallest absolute Gasteiger partial charge is 0.258 e. The number of hydrogen-bond donors (Lipinski definition) is 2. The molecule has 1 rings (SSSR count). The van der Waals surface area contributed by atoms with Crippen LogP contribution in [-0.2, 0) is 10.0 Å². The predicted molar refractivity (Wildman–Crippen MR) is 69.5 cm³/mol. The van der Waals surface area contributed by atoms with Crippen molar-refractivity contribution in [3.8, 4) is 0 Å². The molecule has 6 heteroatoms. The fourth-order valence-corrected chi connectivity index (χ4v) is 2.45. The van der Waals surface area contributed by atoms with E-state index in [1.54, 1.807) is 12.1 Å². The highest BCUT2D eigenvalue weighted by Crippen LogP contribution is 2.20. The summed E-state index contributed by atoms with van der Waals surface area (Å²) in [5.41, 5.74) is -0.170. The molecule has 0 bridgehead atoms. The van der Waals surface area contributed by atoms with Crippen LogP contribution in [0.15, 0.2) is 29.4 Å². The average Bonchev–Trinajstić information content (AvgIpc) is 2.36. The molecule has 0 aliphatic heterocycles. The normalized spacial score (nSPS) is 12.6. The van der Waals surface area contributed by atoms with Crippen LogP contribution < -0.4 is 4.72 Å². The van der Waals surface area contributed by atoms with Crippen LogP contribution in [0.4, 0.5) is 0 Å². The third-order valence-corrected chi connectivity index (χ3v) is 4.04. The lowest BCUT2D eigenvalue weighted by molar-refractivity contribution is 0.148. The van der Waals surface area contributed by atoms with E-state index >= 15 is 0 Å². The van der Waals surface area contributed by atoms with Gasteiger partial charge in [-0.2, -0.15) is 0 Å². The van der Waals surface area contributed by atoms with Gasteiger partial charge in [0.1, 0.15) is 0 Å². The number of hydrogen-bond acceptors (Lipinski definition) is 4. The van der Waals surface area contributed by atoms with Crippen molar-refractivity contribution in [3.63, 3.8) is 0 Å². The summed E-state index contributed by atoms with van der Waals surface area (Å²) >= 11 is 0. The molecule has 102 valence electrons. The minimum absolute atomic E-state index is 0.0337. The first-order valence-electron chi connectivity index (χ1n) is 5.89. The van der Waals surface area contributed by atoms with E-state index in [9.17, 15) is 8.42 Å². The molecule has 0 saturated carbocycles. The van der Waals surface area contributed by atoms with E-state index in [1.807, 2.05) is 13.8 Å². The minimum Gasteiger partial charge on any atom is -0.396 e. The lowest BCUT2D eigenvalue weighted by Crippen LogP contribution is -2.27. The average molecular weight is 272 g/mol. The van der Waals surface area contributed by atoms with Gasteiger partial charge in [-0.3, -0.25) is 0 Å². The Labute approximate surface area is 108 Å². The van der Waals surface area contributed by atoms with Gasteiger partial charge in [-0.05, 0) is 30.4 Å². The van der Waals surface area contributed by atoms with Crippen LogP contribution in [0.25, 0.3) is 0 Å². The third-order valence-electron chi connectivity index (χ3n) is 2.66. The van der Waals surface area contributed by atoms with Gasteiger partial charge in [-0.1, -0.05) is 19.9 Å². The van der Waals surface area contributed by atoms with E-state index in [1.165, 1.54) is 12.3 Å². The topological polar surface area (TPSA) is 79.3 Å². The van der Waals surface area contributed by atoms with E-state index in [0.29, 0.717) is 13.0 Å². The fourth-order valence-electron chi connectivity index (χ4n) is 1.43. The number of aliphatic hydroxyl groups excluding tert-OH is 1. The molecule has 0 radical (unpaired) electrons. The van der Waals surface area contributed by atoms with Crippen molar-refractivity contribution in [3.05, 3.63) is 24.4 Å². The molecule has 0 amide bonds. The monoisotopic (exact) mass is 272 g/mol. The Kier molecular flexibility index (Phi) is 5.25. The molecule has 2 N–H and O–H groups in total. The number of aromatic nitrogens is 1. The largest absolute Gasteiger partial charge is 0.396 e. The van der Waals surface area contributed by atoms with Gasteiger partial charge in [-0.25, -0.2) is 18.1 Å². The Morgan fingerprint density at radius 1 is 1.39 bits per heavy atom. The van der Waals surface area contributed by atoms with E-state index in [0.717, 1.165) is 6.42 Å². The van der Waals surface area contributed by atoms with Crippen LogP contribution in [0.3, 0.4) is 0 Å². The Morgan fingerprint density at radius 2 is 2.11 bits per heavy atom. The van der Waals surface area contributed by atoms with Crippen molar-refractivity contribution in [2.24, 2.45) is 5.41 Å². The van der Waals surface area contributed by atoms with Gasteiger partial charge >= 0.3 is 0 Å². The zero-order valence-corrected chi connectivity index (χ0v) is 11.6. The molecule has 0 aromatic carbocycles. The lowest BCUT2D eigenvalue weighted by atomic mass is 9.89. The first kappa shape index (κ1) is 15.1. The summed E-state index contributed by atoms with van der Waals surface area (Å²) in [5, 5.41) is 9.12. The van der Waals surface area contributed by atoms with Crippen molar-refractivity contribution in [1.29, 1.82) is 0 Å². The van der Waals surface area contributed by atoms with Crippen LogP contribution in [0.5, 0.6) is 0 Å². The van der Waals surface area contributed by atoms with Crippen LogP contribution in [0.1, 0.15) is 26.7 Å². The maximum Gasteiger partial charge on any atom is 0.258 e.